The van der Waals surface area contributed by atoms with E-state index in [2.05, 4.69) is 30.3 Å². The van der Waals surface area contributed by atoms with Gasteiger partial charge in [0.2, 0.25) is 0 Å². The van der Waals surface area contributed by atoms with Crippen LogP contribution in [0.5, 0.6) is 0 Å². The van der Waals surface area contributed by atoms with Crippen LogP contribution in [-0.2, 0) is 0 Å². The minimum atomic E-state index is -0.293. The van der Waals surface area contributed by atoms with Gasteiger partial charge >= 0.3 is 0 Å². The van der Waals surface area contributed by atoms with Crippen LogP contribution in [-0.4, -0.2) is 44.4 Å². The number of nitrogens with one attached hydrogen (secondary N) is 2. The molecule has 8 nitrogen and oxygen atoms in total. The number of hydrogen-bond acceptors (Lipinski definition) is 5. The van der Waals surface area contributed by atoms with Crippen LogP contribution in [0.3, 0.4) is 0 Å². The Bertz CT molecular complexity index is 589. The summed E-state index contributed by atoms with van der Waals surface area (Å²) in [6.07, 6.45) is 1.28. The van der Waals surface area contributed by atoms with E-state index < -0.39 is 0 Å². The normalized spacial score (nSPS) is 11.4. The molecule has 0 saturated carbocycles. The summed E-state index contributed by atoms with van der Waals surface area (Å²) in [5.41, 5.74) is 0.294. The summed E-state index contributed by atoms with van der Waals surface area (Å²) in [5, 5.41) is 9.25. The zero-order valence-corrected chi connectivity index (χ0v) is 9.77. The predicted octanol–water partition coefficient (Wildman–Crippen LogP) is 0.815. The van der Waals surface area contributed by atoms with Crippen LogP contribution in [0.1, 0.15) is 0 Å². The number of fused-ring (bicyclic) bond motifs is 1. The maximum atomic E-state index is 11.4. The summed E-state index contributed by atoms with van der Waals surface area (Å²) >= 11 is 5.54. The number of aromatic amines is 2. The van der Waals surface area contributed by atoms with E-state index in [4.69, 9.17) is 11.6 Å². The van der Waals surface area contributed by atoms with Crippen LogP contribution in [0.4, 0.5) is 5.95 Å². The SMILES string of the molecule is CN(CCCl)/N=N/c1nc2nc[nH]c(=O)c2[nH]1. The molecule has 9 heteroatoms. The van der Waals surface area contributed by atoms with Crippen molar-refractivity contribution >= 4 is 28.7 Å². The summed E-state index contributed by atoms with van der Waals surface area (Å²) in [6.45, 7) is 0.574. The Kier molecular flexibility index (Phi) is 3.33. The first-order valence-corrected chi connectivity index (χ1v) is 5.36. The Morgan fingerprint density at radius 3 is 3.12 bits per heavy atom. The van der Waals surface area contributed by atoms with Crippen molar-refractivity contribution < 1.29 is 0 Å². The highest BCUT2D eigenvalue weighted by atomic mass is 35.5. The third-order valence-corrected chi connectivity index (χ3v) is 2.15. The van der Waals surface area contributed by atoms with Crippen molar-refractivity contribution in [3.63, 3.8) is 0 Å². The molecule has 0 saturated heterocycles. The fourth-order valence-corrected chi connectivity index (χ4v) is 1.41. The van der Waals surface area contributed by atoms with Gasteiger partial charge in [0.15, 0.2) is 11.2 Å². The number of aromatic nitrogens is 4. The molecule has 0 radical (unpaired) electrons. The lowest BCUT2D eigenvalue weighted by Crippen LogP contribution is -2.12. The lowest BCUT2D eigenvalue weighted by molar-refractivity contribution is 0.352. The largest absolute Gasteiger partial charge is 0.315 e. The number of rotatable bonds is 4. The standard InChI is InChI=1S/C8H10ClN7O/c1-16(3-2-9)15-14-8-12-5-6(13-8)10-4-11-7(5)17/h4H,2-3H2,1H3,(H2,10,11,12,13,17)/b15-14+. The van der Waals surface area contributed by atoms with E-state index in [1.54, 1.807) is 12.1 Å². The summed E-state index contributed by atoms with van der Waals surface area (Å²) in [6, 6.07) is 0. The van der Waals surface area contributed by atoms with Gasteiger partial charge in [-0.1, -0.05) is 10.3 Å². The Labute approximate surface area is 101 Å². The number of imidazole rings is 1. The number of alkyl halides is 1. The van der Waals surface area contributed by atoms with Gasteiger partial charge in [-0.3, -0.25) is 9.80 Å². The van der Waals surface area contributed by atoms with Gasteiger partial charge in [-0.05, 0) is 0 Å². The van der Waals surface area contributed by atoms with Gasteiger partial charge in [-0.25, -0.2) is 4.98 Å². The molecule has 2 heterocycles. The number of hydrogen-bond donors (Lipinski definition) is 2. The zero-order chi connectivity index (χ0) is 12.3. The monoisotopic (exact) mass is 255 g/mol. The van der Waals surface area contributed by atoms with E-state index in [1.165, 1.54) is 6.33 Å². The summed E-state index contributed by atoms with van der Waals surface area (Å²) in [4.78, 5) is 24.4. The van der Waals surface area contributed by atoms with Crippen molar-refractivity contribution in [2.24, 2.45) is 10.3 Å². The maximum absolute atomic E-state index is 11.4. The van der Waals surface area contributed by atoms with Gasteiger partial charge in [0.25, 0.3) is 11.5 Å². The summed E-state index contributed by atoms with van der Waals surface area (Å²) < 4.78 is 0. The third-order valence-electron chi connectivity index (χ3n) is 1.98. The number of nitrogens with zero attached hydrogens (tertiary/aromatic N) is 5. The van der Waals surface area contributed by atoms with E-state index in [9.17, 15) is 4.79 Å². The molecule has 0 aliphatic heterocycles. The van der Waals surface area contributed by atoms with E-state index >= 15 is 0 Å². The molecule has 90 valence electrons. The Morgan fingerprint density at radius 1 is 1.59 bits per heavy atom. The van der Waals surface area contributed by atoms with Gasteiger partial charge in [-0.2, -0.15) is 4.98 Å². The molecular formula is C8H10ClN7O. The van der Waals surface area contributed by atoms with Gasteiger partial charge in [0.05, 0.1) is 12.9 Å². The minimum absolute atomic E-state index is 0.227. The Balaban J connectivity index is 2.26. The fourth-order valence-electron chi connectivity index (χ4n) is 1.16. The molecule has 2 aromatic rings. The van der Waals surface area contributed by atoms with E-state index in [-0.39, 0.29) is 17.0 Å². The van der Waals surface area contributed by atoms with Crippen LogP contribution in [0.25, 0.3) is 11.2 Å². The molecule has 0 atom stereocenters. The molecule has 17 heavy (non-hydrogen) atoms. The molecule has 0 aliphatic carbocycles. The second-order valence-electron chi connectivity index (χ2n) is 3.25. The Hall–Kier alpha value is -1.96. The molecule has 0 unspecified atom stereocenters. The van der Waals surface area contributed by atoms with Crippen LogP contribution in [0.15, 0.2) is 21.5 Å². The molecule has 2 N–H and O–H groups in total. The van der Waals surface area contributed by atoms with Crippen LogP contribution < -0.4 is 5.56 Å². The molecule has 0 amide bonds. The van der Waals surface area contributed by atoms with Crippen molar-refractivity contribution in [3.8, 4) is 0 Å². The van der Waals surface area contributed by atoms with E-state index in [0.29, 0.717) is 18.1 Å². The molecular weight excluding hydrogens is 246 g/mol. The highest BCUT2D eigenvalue weighted by Crippen LogP contribution is 2.10. The molecule has 0 spiro atoms. The lowest BCUT2D eigenvalue weighted by atomic mass is 10.6. The van der Waals surface area contributed by atoms with E-state index in [1.807, 2.05) is 0 Å². The molecule has 0 fully saturated rings. The second-order valence-corrected chi connectivity index (χ2v) is 3.63. The van der Waals surface area contributed by atoms with E-state index in [0.717, 1.165) is 0 Å². The van der Waals surface area contributed by atoms with Gasteiger partial charge in [-0.15, -0.1) is 11.6 Å². The van der Waals surface area contributed by atoms with Crippen LogP contribution in [0.2, 0.25) is 0 Å². The lowest BCUT2D eigenvalue weighted by Gasteiger charge is -2.06. The first-order valence-electron chi connectivity index (χ1n) is 4.83. The average Bonchev–Trinajstić information content (AvgIpc) is 2.71. The summed E-state index contributed by atoms with van der Waals surface area (Å²) in [7, 11) is 1.74. The molecule has 0 aliphatic rings. The van der Waals surface area contributed by atoms with Crippen LogP contribution in [0, 0.1) is 0 Å². The van der Waals surface area contributed by atoms with Gasteiger partial charge in [0, 0.05) is 12.9 Å². The van der Waals surface area contributed by atoms with Crippen molar-refractivity contribution in [1.29, 1.82) is 0 Å². The number of H-pyrrole nitrogens is 2. The Morgan fingerprint density at radius 2 is 2.41 bits per heavy atom. The molecule has 2 aromatic heterocycles. The third kappa shape index (κ3) is 2.59. The smallest absolute Gasteiger partial charge is 0.276 e. The van der Waals surface area contributed by atoms with Crippen LogP contribution >= 0.6 is 11.6 Å². The zero-order valence-electron chi connectivity index (χ0n) is 9.01. The molecule has 0 aromatic carbocycles. The molecule has 2 rings (SSSR count). The van der Waals surface area contributed by atoms with Gasteiger partial charge < -0.3 is 9.97 Å². The van der Waals surface area contributed by atoms with Gasteiger partial charge in [0.1, 0.15) is 0 Å². The predicted molar refractivity (Wildman–Crippen MR) is 62.4 cm³/mol. The number of halogens is 1. The maximum Gasteiger partial charge on any atom is 0.276 e. The minimum Gasteiger partial charge on any atom is -0.315 e. The van der Waals surface area contributed by atoms with Crippen molar-refractivity contribution in [2.75, 3.05) is 19.5 Å². The molecule has 0 bridgehead atoms. The topological polar surface area (TPSA) is 102 Å². The first-order chi connectivity index (χ1) is 8.20. The average molecular weight is 256 g/mol. The highest BCUT2D eigenvalue weighted by Gasteiger charge is 2.05. The van der Waals surface area contributed by atoms with Crippen molar-refractivity contribution in [2.45, 2.75) is 0 Å². The summed E-state index contributed by atoms with van der Waals surface area (Å²) in [5.74, 6) is 0.683. The van der Waals surface area contributed by atoms with Crippen molar-refractivity contribution in [1.82, 2.24) is 24.9 Å². The highest BCUT2D eigenvalue weighted by molar-refractivity contribution is 6.18. The fraction of sp³-hybridized carbons (Fsp3) is 0.375. The quantitative estimate of drug-likeness (QED) is 0.479. The second kappa shape index (κ2) is 4.91. The van der Waals surface area contributed by atoms with Crippen molar-refractivity contribution in [3.05, 3.63) is 16.7 Å². The first kappa shape index (κ1) is 11.5.